The Hall–Kier alpha value is -1.51. The smallest absolute Gasteiger partial charge is 0.222 e. The maximum absolute atomic E-state index is 11.7. The van der Waals surface area contributed by atoms with Crippen molar-refractivity contribution in [2.75, 3.05) is 20.2 Å². The summed E-state index contributed by atoms with van der Waals surface area (Å²) in [5.74, 6) is 1.43. The Labute approximate surface area is 110 Å². The van der Waals surface area contributed by atoms with Crippen LogP contribution >= 0.6 is 0 Å². The molecule has 3 heteroatoms. The van der Waals surface area contributed by atoms with Gasteiger partial charge in [0.05, 0.1) is 6.54 Å². The Balaban J connectivity index is 2.28. The highest BCUT2D eigenvalue weighted by Crippen LogP contribution is 2.11. The average Bonchev–Trinajstić information content (AvgIpc) is 2.30. The molecule has 0 aliphatic heterocycles. The van der Waals surface area contributed by atoms with Gasteiger partial charge in [-0.15, -0.1) is 0 Å². The van der Waals surface area contributed by atoms with Crippen LogP contribution in [-0.2, 0) is 4.79 Å². The number of rotatable bonds is 6. The molecule has 0 saturated carbocycles. The van der Waals surface area contributed by atoms with Gasteiger partial charge in [0, 0.05) is 13.5 Å². The summed E-state index contributed by atoms with van der Waals surface area (Å²) in [5, 5.41) is 0. The monoisotopic (exact) mass is 249 g/mol. The fraction of sp³-hybridized carbons (Fsp3) is 0.533. The normalized spacial score (nSPS) is 10.5. The lowest BCUT2D eigenvalue weighted by atomic mass is 10.1. The number of benzene rings is 1. The first-order valence-electron chi connectivity index (χ1n) is 6.42. The quantitative estimate of drug-likeness (QED) is 0.776. The van der Waals surface area contributed by atoms with Gasteiger partial charge in [-0.3, -0.25) is 4.79 Å². The lowest BCUT2D eigenvalue weighted by Gasteiger charge is -2.18. The van der Waals surface area contributed by atoms with Crippen LogP contribution in [0.25, 0.3) is 0 Å². The topological polar surface area (TPSA) is 29.5 Å². The predicted octanol–water partition coefficient (Wildman–Crippen LogP) is 2.88. The Morgan fingerprint density at radius 3 is 2.44 bits per heavy atom. The number of hydrogen-bond donors (Lipinski definition) is 0. The summed E-state index contributed by atoms with van der Waals surface area (Å²) in [6, 6.07) is 7.93. The van der Waals surface area contributed by atoms with Crippen molar-refractivity contribution in [2.45, 2.75) is 27.2 Å². The van der Waals surface area contributed by atoms with E-state index in [0.29, 0.717) is 25.5 Å². The van der Waals surface area contributed by atoms with Crippen LogP contribution in [0, 0.1) is 12.8 Å². The molecule has 0 N–H and O–H groups in total. The molecule has 0 heterocycles. The average molecular weight is 249 g/mol. The molecule has 18 heavy (non-hydrogen) atoms. The van der Waals surface area contributed by atoms with Crippen LogP contribution in [0.1, 0.15) is 25.8 Å². The minimum absolute atomic E-state index is 0.178. The van der Waals surface area contributed by atoms with Crippen LogP contribution in [0.15, 0.2) is 24.3 Å². The van der Waals surface area contributed by atoms with Gasteiger partial charge in [-0.05, 0) is 25.0 Å². The molecule has 100 valence electrons. The first-order chi connectivity index (χ1) is 8.49. The molecule has 1 aromatic rings. The van der Waals surface area contributed by atoms with Crippen LogP contribution < -0.4 is 4.74 Å². The zero-order chi connectivity index (χ0) is 13.5. The van der Waals surface area contributed by atoms with E-state index >= 15 is 0 Å². The molecule has 1 amide bonds. The number of hydrogen-bond acceptors (Lipinski definition) is 2. The van der Waals surface area contributed by atoms with Crippen LogP contribution in [0.3, 0.4) is 0 Å². The molecule has 0 radical (unpaired) electrons. The van der Waals surface area contributed by atoms with E-state index in [4.69, 9.17) is 4.74 Å². The van der Waals surface area contributed by atoms with Gasteiger partial charge in [-0.25, -0.2) is 0 Å². The van der Waals surface area contributed by atoms with Crippen molar-refractivity contribution in [1.82, 2.24) is 4.90 Å². The van der Waals surface area contributed by atoms with Crippen molar-refractivity contribution in [3.8, 4) is 5.75 Å². The van der Waals surface area contributed by atoms with Crippen molar-refractivity contribution in [3.05, 3.63) is 29.8 Å². The third-order valence-electron chi connectivity index (χ3n) is 2.73. The van der Waals surface area contributed by atoms with Gasteiger partial charge in [-0.1, -0.05) is 31.5 Å². The van der Waals surface area contributed by atoms with Crippen LogP contribution in [0.5, 0.6) is 5.75 Å². The summed E-state index contributed by atoms with van der Waals surface area (Å²) in [4.78, 5) is 13.4. The van der Waals surface area contributed by atoms with Gasteiger partial charge in [0.2, 0.25) is 5.91 Å². The van der Waals surface area contributed by atoms with Crippen molar-refractivity contribution >= 4 is 5.91 Å². The molecule has 0 aromatic heterocycles. The van der Waals surface area contributed by atoms with E-state index in [1.54, 1.807) is 4.90 Å². The molecule has 0 bridgehead atoms. The molecule has 0 aliphatic carbocycles. The molecule has 1 aromatic carbocycles. The number of aryl methyl sites for hydroxylation is 1. The second kappa shape index (κ2) is 7.04. The molecule has 3 nitrogen and oxygen atoms in total. The molecular weight excluding hydrogens is 226 g/mol. The SMILES string of the molecule is Cc1ccc(OCCN(C)C(=O)CC(C)C)cc1. The zero-order valence-corrected chi connectivity index (χ0v) is 11.8. The minimum Gasteiger partial charge on any atom is -0.492 e. The van der Waals surface area contributed by atoms with Gasteiger partial charge in [0.25, 0.3) is 0 Å². The summed E-state index contributed by atoms with van der Waals surface area (Å²) in [6.45, 7) is 7.30. The summed E-state index contributed by atoms with van der Waals surface area (Å²) >= 11 is 0. The number of carbonyl (C=O) groups excluding carboxylic acids is 1. The highest BCUT2D eigenvalue weighted by molar-refractivity contribution is 5.76. The molecule has 1 rings (SSSR count). The summed E-state index contributed by atoms with van der Waals surface area (Å²) < 4.78 is 5.59. The van der Waals surface area contributed by atoms with E-state index < -0.39 is 0 Å². The van der Waals surface area contributed by atoms with Gasteiger partial charge < -0.3 is 9.64 Å². The van der Waals surface area contributed by atoms with Crippen LogP contribution in [0.4, 0.5) is 0 Å². The zero-order valence-electron chi connectivity index (χ0n) is 11.8. The van der Waals surface area contributed by atoms with E-state index in [2.05, 4.69) is 13.8 Å². The van der Waals surface area contributed by atoms with Crippen molar-refractivity contribution in [2.24, 2.45) is 5.92 Å². The van der Waals surface area contributed by atoms with E-state index in [9.17, 15) is 4.79 Å². The number of likely N-dealkylation sites (N-methyl/N-ethyl adjacent to an activating group) is 1. The van der Waals surface area contributed by atoms with Crippen molar-refractivity contribution < 1.29 is 9.53 Å². The molecule has 0 fully saturated rings. The van der Waals surface area contributed by atoms with Gasteiger partial charge in [-0.2, -0.15) is 0 Å². The maximum atomic E-state index is 11.7. The summed E-state index contributed by atoms with van der Waals surface area (Å²) in [7, 11) is 1.82. The second-order valence-electron chi connectivity index (χ2n) is 5.07. The molecular formula is C15H23NO2. The number of ether oxygens (including phenoxy) is 1. The first-order valence-corrected chi connectivity index (χ1v) is 6.42. The van der Waals surface area contributed by atoms with Gasteiger partial charge in [0.15, 0.2) is 0 Å². The van der Waals surface area contributed by atoms with Gasteiger partial charge >= 0.3 is 0 Å². The van der Waals surface area contributed by atoms with E-state index in [1.165, 1.54) is 5.56 Å². The Morgan fingerprint density at radius 1 is 1.28 bits per heavy atom. The Morgan fingerprint density at radius 2 is 1.89 bits per heavy atom. The predicted molar refractivity (Wildman–Crippen MR) is 73.8 cm³/mol. The molecule has 0 atom stereocenters. The Bertz CT molecular complexity index is 371. The standard InChI is InChI=1S/C15H23NO2/c1-12(2)11-15(17)16(4)9-10-18-14-7-5-13(3)6-8-14/h5-8,12H,9-11H2,1-4H3. The van der Waals surface area contributed by atoms with Crippen LogP contribution in [0.2, 0.25) is 0 Å². The molecule has 0 aliphatic rings. The Kier molecular flexibility index (Phi) is 5.69. The fourth-order valence-electron chi connectivity index (χ4n) is 1.56. The van der Waals surface area contributed by atoms with Crippen LogP contribution in [-0.4, -0.2) is 31.0 Å². The van der Waals surface area contributed by atoms with Gasteiger partial charge in [0.1, 0.15) is 12.4 Å². The van der Waals surface area contributed by atoms with E-state index in [-0.39, 0.29) is 5.91 Å². The summed E-state index contributed by atoms with van der Waals surface area (Å²) in [6.07, 6.45) is 0.598. The van der Waals surface area contributed by atoms with Crippen molar-refractivity contribution in [1.29, 1.82) is 0 Å². The summed E-state index contributed by atoms with van der Waals surface area (Å²) in [5.41, 5.74) is 1.21. The first kappa shape index (κ1) is 14.6. The lowest BCUT2D eigenvalue weighted by molar-refractivity contribution is -0.130. The number of amides is 1. The lowest BCUT2D eigenvalue weighted by Crippen LogP contribution is -2.31. The van der Waals surface area contributed by atoms with E-state index in [0.717, 1.165) is 5.75 Å². The van der Waals surface area contributed by atoms with E-state index in [1.807, 2.05) is 38.2 Å². The number of carbonyl (C=O) groups is 1. The second-order valence-corrected chi connectivity index (χ2v) is 5.07. The number of nitrogens with zero attached hydrogens (tertiary/aromatic N) is 1. The highest BCUT2D eigenvalue weighted by Gasteiger charge is 2.10. The third-order valence-corrected chi connectivity index (χ3v) is 2.73. The van der Waals surface area contributed by atoms with Crippen molar-refractivity contribution in [3.63, 3.8) is 0 Å². The maximum Gasteiger partial charge on any atom is 0.222 e. The largest absolute Gasteiger partial charge is 0.492 e. The molecule has 0 saturated heterocycles. The highest BCUT2D eigenvalue weighted by atomic mass is 16.5. The molecule has 0 spiro atoms. The third kappa shape index (κ3) is 5.21. The fourth-order valence-corrected chi connectivity index (χ4v) is 1.56. The molecule has 0 unspecified atom stereocenters. The minimum atomic E-state index is 0.178.